The van der Waals surface area contributed by atoms with Crippen LogP contribution in [-0.4, -0.2) is 44.2 Å². The van der Waals surface area contributed by atoms with Gasteiger partial charge >= 0.3 is 0 Å². The number of nitrogens with zero attached hydrogens (tertiary/aromatic N) is 1. The Bertz CT molecular complexity index is 428. The van der Waals surface area contributed by atoms with E-state index >= 15 is 0 Å². The van der Waals surface area contributed by atoms with Gasteiger partial charge in [-0.2, -0.15) is 0 Å². The molecule has 98 valence electrons. The van der Waals surface area contributed by atoms with Crippen LogP contribution in [0.3, 0.4) is 0 Å². The van der Waals surface area contributed by atoms with E-state index in [1.807, 2.05) is 4.90 Å². The van der Waals surface area contributed by atoms with Crippen molar-refractivity contribution in [3.63, 3.8) is 0 Å². The number of hydrogen-bond donors (Lipinski definition) is 0. The standard InChI is InChI=1S/C13H16BrNO3/c1-17-12-4-3-10(9-11(12)14)13(16)15-5-2-7-18-8-6-15/h3-4,9H,2,5-8H2,1H3. The molecule has 0 N–H and O–H groups in total. The monoisotopic (exact) mass is 313 g/mol. The Hall–Kier alpha value is -1.07. The number of ether oxygens (including phenoxy) is 2. The first-order chi connectivity index (χ1) is 8.72. The van der Waals surface area contributed by atoms with E-state index in [9.17, 15) is 4.79 Å². The van der Waals surface area contributed by atoms with E-state index in [1.165, 1.54) is 0 Å². The average molecular weight is 314 g/mol. The van der Waals surface area contributed by atoms with Gasteiger partial charge in [0.05, 0.1) is 18.2 Å². The summed E-state index contributed by atoms with van der Waals surface area (Å²) in [5.74, 6) is 0.773. The molecule has 1 saturated heterocycles. The summed E-state index contributed by atoms with van der Waals surface area (Å²) in [6, 6.07) is 5.39. The van der Waals surface area contributed by atoms with Gasteiger partial charge in [0.15, 0.2) is 0 Å². The number of methoxy groups -OCH3 is 1. The molecule has 1 aromatic rings. The van der Waals surface area contributed by atoms with Gasteiger partial charge < -0.3 is 14.4 Å². The molecule has 18 heavy (non-hydrogen) atoms. The third kappa shape index (κ3) is 3.03. The van der Waals surface area contributed by atoms with Crippen molar-refractivity contribution in [1.82, 2.24) is 4.90 Å². The second-order valence-corrected chi connectivity index (χ2v) is 4.96. The summed E-state index contributed by atoms with van der Waals surface area (Å²) in [7, 11) is 1.60. The number of benzene rings is 1. The summed E-state index contributed by atoms with van der Waals surface area (Å²) in [5, 5.41) is 0. The third-order valence-corrected chi connectivity index (χ3v) is 3.53. The zero-order chi connectivity index (χ0) is 13.0. The van der Waals surface area contributed by atoms with Gasteiger partial charge in [0.1, 0.15) is 5.75 Å². The van der Waals surface area contributed by atoms with Crippen LogP contribution in [-0.2, 0) is 4.74 Å². The topological polar surface area (TPSA) is 38.8 Å². The highest BCUT2D eigenvalue weighted by atomic mass is 79.9. The molecule has 1 heterocycles. The molecular weight excluding hydrogens is 298 g/mol. The number of hydrogen-bond acceptors (Lipinski definition) is 3. The number of amides is 1. The van der Waals surface area contributed by atoms with Crippen molar-refractivity contribution in [3.8, 4) is 5.75 Å². The molecule has 2 rings (SSSR count). The van der Waals surface area contributed by atoms with Crippen LogP contribution >= 0.6 is 15.9 Å². The zero-order valence-electron chi connectivity index (χ0n) is 10.3. The van der Waals surface area contributed by atoms with Crippen molar-refractivity contribution in [2.24, 2.45) is 0 Å². The Kier molecular flexibility index (Phi) is 4.60. The molecule has 1 aliphatic heterocycles. The lowest BCUT2D eigenvalue weighted by Gasteiger charge is -2.19. The van der Waals surface area contributed by atoms with Gasteiger partial charge in [-0.25, -0.2) is 0 Å². The third-order valence-electron chi connectivity index (χ3n) is 2.91. The molecule has 1 amide bonds. The molecule has 1 aromatic carbocycles. The largest absolute Gasteiger partial charge is 0.496 e. The van der Waals surface area contributed by atoms with E-state index in [2.05, 4.69) is 15.9 Å². The van der Waals surface area contributed by atoms with Crippen LogP contribution in [0.1, 0.15) is 16.8 Å². The number of halogens is 1. The molecule has 0 radical (unpaired) electrons. The van der Waals surface area contributed by atoms with Crippen LogP contribution in [0.5, 0.6) is 5.75 Å². The first-order valence-corrected chi connectivity index (χ1v) is 6.72. The van der Waals surface area contributed by atoms with E-state index < -0.39 is 0 Å². The number of carbonyl (C=O) groups excluding carboxylic acids is 1. The minimum atomic E-state index is 0.0452. The summed E-state index contributed by atoms with van der Waals surface area (Å²) in [5.41, 5.74) is 0.671. The Morgan fingerprint density at radius 3 is 2.94 bits per heavy atom. The van der Waals surface area contributed by atoms with Crippen LogP contribution in [0.4, 0.5) is 0 Å². The fourth-order valence-electron chi connectivity index (χ4n) is 1.93. The molecule has 0 aromatic heterocycles. The van der Waals surface area contributed by atoms with Crippen molar-refractivity contribution in [3.05, 3.63) is 28.2 Å². The van der Waals surface area contributed by atoms with Crippen LogP contribution in [0.2, 0.25) is 0 Å². The first-order valence-electron chi connectivity index (χ1n) is 5.93. The fourth-order valence-corrected chi connectivity index (χ4v) is 2.47. The Morgan fingerprint density at radius 1 is 1.39 bits per heavy atom. The van der Waals surface area contributed by atoms with Crippen molar-refractivity contribution < 1.29 is 14.3 Å². The predicted molar refractivity (Wildman–Crippen MR) is 72.0 cm³/mol. The maximum atomic E-state index is 12.3. The molecule has 0 spiro atoms. The van der Waals surface area contributed by atoms with Crippen molar-refractivity contribution in [1.29, 1.82) is 0 Å². The lowest BCUT2D eigenvalue weighted by Crippen LogP contribution is -2.33. The van der Waals surface area contributed by atoms with Gasteiger partial charge in [0, 0.05) is 25.3 Å². The molecule has 1 aliphatic rings. The van der Waals surface area contributed by atoms with Crippen molar-refractivity contribution in [2.75, 3.05) is 33.4 Å². The van der Waals surface area contributed by atoms with Gasteiger partial charge in [-0.05, 0) is 40.5 Å². The summed E-state index contributed by atoms with van der Waals surface area (Å²) in [6.45, 7) is 2.75. The van der Waals surface area contributed by atoms with E-state index in [1.54, 1.807) is 25.3 Å². The quantitative estimate of drug-likeness (QED) is 0.841. The molecule has 0 aliphatic carbocycles. The molecular formula is C13H16BrNO3. The summed E-state index contributed by atoms with van der Waals surface area (Å²) in [4.78, 5) is 14.1. The second-order valence-electron chi connectivity index (χ2n) is 4.11. The Balaban J connectivity index is 2.14. The first kappa shape index (κ1) is 13.4. The van der Waals surface area contributed by atoms with E-state index in [-0.39, 0.29) is 5.91 Å². The molecule has 5 heteroatoms. The van der Waals surface area contributed by atoms with E-state index in [4.69, 9.17) is 9.47 Å². The summed E-state index contributed by atoms with van der Waals surface area (Å²) < 4.78 is 11.3. The summed E-state index contributed by atoms with van der Waals surface area (Å²) >= 11 is 3.39. The second kappa shape index (κ2) is 6.20. The average Bonchev–Trinajstić information content (AvgIpc) is 2.66. The smallest absolute Gasteiger partial charge is 0.253 e. The molecule has 1 fully saturated rings. The SMILES string of the molecule is COc1ccc(C(=O)N2CCCOCC2)cc1Br. The minimum Gasteiger partial charge on any atom is -0.496 e. The van der Waals surface area contributed by atoms with Gasteiger partial charge in [-0.3, -0.25) is 4.79 Å². The van der Waals surface area contributed by atoms with E-state index in [0.717, 1.165) is 29.8 Å². The predicted octanol–water partition coefficient (Wildman–Crippen LogP) is 2.32. The Morgan fingerprint density at radius 2 is 2.22 bits per heavy atom. The van der Waals surface area contributed by atoms with Crippen LogP contribution in [0.25, 0.3) is 0 Å². The fraction of sp³-hybridized carbons (Fsp3) is 0.462. The normalized spacial score (nSPS) is 16.2. The molecule has 0 atom stereocenters. The van der Waals surface area contributed by atoms with Gasteiger partial charge in [0.2, 0.25) is 0 Å². The van der Waals surface area contributed by atoms with Crippen LogP contribution < -0.4 is 4.74 Å². The maximum Gasteiger partial charge on any atom is 0.253 e. The maximum absolute atomic E-state index is 12.3. The number of rotatable bonds is 2. The molecule has 0 bridgehead atoms. The minimum absolute atomic E-state index is 0.0452. The Labute approximate surface area is 115 Å². The zero-order valence-corrected chi connectivity index (χ0v) is 11.9. The summed E-state index contributed by atoms with van der Waals surface area (Å²) in [6.07, 6.45) is 0.892. The van der Waals surface area contributed by atoms with Crippen LogP contribution in [0.15, 0.2) is 22.7 Å². The van der Waals surface area contributed by atoms with Crippen molar-refractivity contribution >= 4 is 21.8 Å². The van der Waals surface area contributed by atoms with Crippen LogP contribution in [0, 0.1) is 0 Å². The van der Waals surface area contributed by atoms with Crippen molar-refractivity contribution in [2.45, 2.75) is 6.42 Å². The lowest BCUT2D eigenvalue weighted by molar-refractivity contribution is 0.0741. The molecule has 0 unspecified atom stereocenters. The lowest BCUT2D eigenvalue weighted by atomic mass is 10.2. The number of carbonyl (C=O) groups is 1. The highest BCUT2D eigenvalue weighted by Gasteiger charge is 2.18. The molecule has 0 saturated carbocycles. The van der Waals surface area contributed by atoms with E-state index in [0.29, 0.717) is 18.7 Å². The highest BCUT2D eigenvalue weighted by Crippen LogP contribution is 2.26. The van der Waals surface area contributed by atoms with Gasteiger partial charge in [0.25, 0.3) is 5.91 Å². The van der Waals surface area contributed by atoms with Gasteiger partial charge in [-0.1, -0.05) is 0 Å². The van der Waals surface area contributed by atoms with Gasteiger partial charge in [-0.15, -0.1) is 0 Å². The molecule has 4 nitrogen and oxygen atoms in total. The highest BCUT2D eigenvalue weighted by molar-refractivity contribution is 9.10.